The van der Waals surface area contributed by atoms with E-state index >= 15 is 0 Å². The Morgan fingerprint density at radius 2 is 1.91 bits per heavy atom. The van der Waals surface area contributed by atoms with Gasteiger partial charge >= 0.3 is 0 Å². The Balaban J connectivity index is 1.71. The number of rotatable bonds is 10. The number of hydrogen-bond donors (Lipinski definition) is 2. The van der Waals surface area contributed by atoms with Crippen molar-refractivity contribution in [2.45, 2.75) is 82.7 Å². The van der Waals surface area contributed by atoms with Gasteiger partial charge in [0.2, 0.25) is 11.8 Å². The molecule has 7 nitrogen and oxygen atoms in total. The normalized spacial score (nSPS) is 22.6. The van der Waals surface area contributed by atoms with Crippen LogP contribution in [0.3, 0.4) is 0 Å². The maximum atomic E-state index is 13.6. The van der Waals surface area contributed by atoms with Crippen molar-refractivity contribution in [3.63, 3.8) is 0 Å². The summed E-state index contributed by atoms with van der Waals surface area (Å²) in [4.78, 5) is 41.4. The van der Waals surface area contributed by atoms with E-state index in [9.17, 15) is 14.4 Å². The summed E-state index contributed by atoms with van der Waals surface area (Å²) < 4.78 is 5.04. The molecule has 2 heterocycles. The number of thioether (sulfide) groups is 1. The lowest BCUT2D eigenvalue weighted by Crippen LogP contribution is -2.58. The van der Waals surface area contributed by atoms with Crippen LogP contribution in [0.15, 0.2) is 24.3 Å². The van der Waals surface area contributed by atoms with E-state index in [1.807, 2.05) is 65.8 Å². The van der Waals surface area contributed by atoms with Crippen molar-refractivity contribution in [1.82, 2.24) is 15.5 Å². The SMILES string of the molecule is CCC(C)C(NC(=O)C1N2C(=O)c3ccccc3C2SC1(C)C)C(=O)NCCCOC(C)C. The van der Waals surface area contributed by atoms with E-state index in [2.05, 4.69) is 10.6 Å². The predicted molar refractivity (Wildman–Crippen MR) is 131 cm³/mol. The van der Waals surface area contributed by atoms with Crippen LogP contribution < -0.4 is 10.6 Å². The molecular weight excluding hydrogens is 438 g/mol. The molecule has 3 rings (SSSR count). The Bertz CT molecular complexity index is 888. The highest BCUT2D eigenvalue weighted by molar-refractivity contribution is 8.01. The lowest BCUT2D eigenvalue weighted by Gasteiger charge is -2.32. The van der Waals surface area contributed by atoms with Crippen LogP contribution in [-0.2, 0) is 14.3 Å². The molecule has 0 radical (unpaired) electrons. The van der Waals surface area contributed by atoms with Crippen LogP contribution in [0, 0.1) is 5.92 Å². The minimum atomic E-state index is -0.661. The third kappa shape index (κ3) is 5.38. The Hall–Kier alpha value is -2.06. The summed E-state index contributed by atoms with van der Waals surface area (Å²) in [6.07, 6.45) is 1.61. The van der Waals surface area contributed by atoms with Gasteiger partial charge < -0.3 is 20.3 Å². The number of benzene rings is 1. The van der Waals surface area contributed by atoms with Crippen LogP contribution in [-0.4, -0.2) is 58.7 Å². The first-order chi connectivity index (χ1) is 15.6. The van der Waals surface area contributed by atoms with Crippen molar-refractivity contribution in [2.75, 3.05) is 13.2 Å². The van der Waals surface area contributed by atoms with Gasteiger partial charge in [-0.1, -0.05) is 38.5 Å². The Labute approximate surface area is 201 Å². The third-order valence-corrected chi connectivity index (χ3v) is 7.94. The van der Waals surface area contributed by atoms with Crippen molar-refractivity contribution in [2.24, 2.45) is 5.92 Å². The van der Waals surface area contributed by atoms with E-state index in [4.69, 9.17) is 4.74 Å². The number of carbonyl (C=O) groups is 3. The number of nitrogens with one attached hydrogen (secondary N) is 2. The molecule has 1 saturated heterocycles. The molecule has 1 fully saturated rings. The molecule has 1 aromatic carbocycles. The van der Waals surface area contributed by atoms with Crippen molar-refractivity contribution in [3.8, 4) is 0 Å². The molecule has 2 aliphatic rings. The molecule has 0 spiro atoms. The van der Waals surface area contributed by atoms with Crippen LogP contribution in [0.25, 0.3) is 0 Å². The van der Waals surface area contributed by atoms with E-state index in [0.29, 0.717) is 25.1 Å². The average molecular weight is 476 g/mol. The lowest BCUT2D eigenvalue weighted by atomic mass is 9.95. The van der Waals surface area contributed by atoms with Crippen molar-refractivity contribution < 1.29 is 19.1 Å². The highest BCUT2D eigenvalue weighted by atomic mass is 32.2. The topological polar surface area (TPSA) is 87.7 Å². The zero-order valence-corrected chi connectivity index (χ0v) is 21.3. The van der Waals surface area contributed by atoms with E-state index in [-0.39, 0.29) is 35.1 Å². The largest absolute Gasteiger partial charge is 0.379 e. The van der Waals surface area contributed by atoms with Gasteiger partial charge in [0, 0.05) is 23.5 Å². The standard InChI is InChI=1S/C25H37N3O4S/c1-7-16(4)19(21(29)26-13-10-14-32-15(2)3)27-22(30)20-25(5,6)33-24-18-12-9-8-11-17(18)23(31)28(20)24/h8-9,11-12,15-16,19-20,24H,7,10,13-14H2,1-6H3,(H,26,29)(H,27,30). The first-order valence-electron chi connectivity index (χ1n) is 11.9. The number of amides is 3. The summed E-state index contributed by atoms with van der Waals surface area (Å²) in [6, 6.07) is 6.22. The molecule has 0 bridgehead atoms. The molecule has 8 heteroatoms. The van der Waals surface area contributed by atoms with Gasteiger partial charge in [0.25, 0.3) is 5.91 Å². The predicted octanol–water partition coefficient (Wildman–Crippen LogP) is 3.50. The number of ether oxygens (including phenoxy) is 1. The fourth-order valence-electron chi connectivity index (χ4n) is 4.45. The van der Waals surface area contributed by atoms with E-state index in [0.717, 1.165) is 12.0 Å². The van der Waals surface area contributed by atoms with Gasteiger partial charge in [-0.3, -0.25) is 14.4 Å². The van der Waals surface area contributed by atoms with Gasteiger partial charge in [0.05, 0.1) is 6.10 Å². The van der Waals surface area contributed by atoms with Gasteiger partial charge in [-0.25, -0.2) is 0 Å². The van der Waals surface area contributed by atoms with Gasteiger partial charge in [-0.2, -0.15) is 0 Å². The Kier molecular flexibility index (Phi) is 8.11. The zero-order valence-electron chi connectivity index (χ0n) is 20.5. The quantitative estimate of drug-likeness (QED) is 0.506. The summed E-state index contributed by atoms with van der Waals surface area (Å²) in [5, 5.41) is 5.75. The molecule has 0 aliphatic carbocycles. The van der Waals surface area contributed by atoms with Crippen LogP contribution in [0.2, 0.25) is 0 Å². The molecule has 0 saturated carbocycles. The minimum Gasteiger partial charge on any atom is -0.379 e. The first-order valence-corrected chi connectivity index (χ1v) is 12.8. The monoisotopic (exact) mass is 475 g/mol. The highest BCUT2D eigenvalue weighted by Crippen LogP contribution is 2.56. The Morgan fingerprint density at radius 1 is 1.21 bits per heavy atom. The highest BCUT2D eigenvalue weighted by Gasteiger charge is 2.57. The van der Waals surface area contributed by atoms with Crippen LogP contribution >= 0.6 is 11.8 Å². The fourth-order valence-corrected chi connectivity index (χ4v) is 6.04. The summed E-state index contributed by atoms with van der Waals surface area (Å²) >= 11 is 1.62. The summed E-state index contributed by atoms with van der Waals surface area (Å²) in [7, 11) is 0. The van der Waals surface area contributed by atoms with Crippen LogP contribution in [0.1, 0.15) is 75.7 Å². The van der Waals surface area contributed by atoms with Crippen molar-refractivity contribution >= 4 is 29.5 Å². The van der Waals surface area contributed by atoms with Gasteiger partial charge in [-0.15, -0.1) is 11.8 Å². The van der Waals surface area contributed by atoms with Crippen molar-refractivity contribution in [1.29, 1.82) is 0 Å². The molecule has 2 aliphatic heterocycles. The molecule has 4 atom stereocenters. The molecular formula is C25H37N3O4S. The minimum absolute atomic E-state index is 0.0414. The molecule has 2 N–H and O–H groups in total. The Morgan fingerprint density at radius 3 is 2.58 bits per heavy atom. The van der Waals surface area contributed by atoms with Gasteiger partial charge in [0.1, 0.15) is 17.5 Å². The number of nitrogens with zero attached hydrogens (tertiary/aromatic N) is 1. The summed E-state index contributed by atoms with van der Waals surface area (Å²) in [6.45, 7) is 13.0. The molecule has 1 aromatic rings. The second-order valence-corrected chi connectivity index (χ2v) is 11.4. The van der Waals surface area contributed by atoms with Gasteiger partial charge in [0.15, 0.2) is 0 Å². The maximum absolute atomic E-state index is 13.6. The van der Waals surface area contributed by atoms with Crippen LogP contribution in [0.4, 0.5) is 0 Å². The van der Waals surface area contributed by atoms with E-state index in [1.165, 1.54) is 0 Å². The molecule has 4 unspecified atom stereocenters. The van der Waals surface area contributed by atoms with Crippen molar-refractivity contribution in [3.05, 3.63) is 35.4 Å². The number of hydrogen-bond acceptors (Lipinski definition) is 5. The second kappa shape index (κ2) is 10.5. The fraction of sp³-hybridized carbons (Fsp3) is 0.640. The first kappa shape index (κ1) is 25.6. The molecule has 3 amide bonds. The van der Waals surface area contributed by atoms with Crippen LogP contribution in [0.5, 0.6) is 0 Å². The van der Waals surface area contributed by atoms with Gasteiger partial charge in [-0.05, 0) is 51.7 Å². The zero-order chi connectivity index (χ0) is 24.3. The molecule has 182 valence electrons. The molecule has 0 aromatic heterocycles. The lowest BCUT2D eigenvalue weighted by molar-refractivity contribution is -0.133. The maximum Gasteiger partial charge on any atom is 0.256 e. The molecule has 33 heavy (non-hydrogen) atoms. The number of fused-ring (bicyclic) bond motifs is 3. The summed E-state index contributed by atoms with van der Waals surface area (Å²) in [5.41, 5.74) is 1.61. The third-order valence-electron chi connectivity index (χ3n) is 6.41. The summed E-state index contributed by atoms with van der Waals surface area (Å²) in [5.74, 6) is -0.637. The smallest absolute Gasteiger partial charge is 0.256 e. The van der Waals surface area contributed by atoms with E-state index in [1.54, 1.807) is 16.7 Å². The second-order valence-electron chi connectivity index (χ2n) is 9.71. The van der Waals surface area contributed by atoms with E-state index < -0.39 is 16.8 Å². The average Bonchev–Trinajstić information content (AvgIpc) is 3.20. The number of carbonyl (C=O) groups excluding carboxylic acids is 3.